The lowest BCUT2D eigenvalue weighted by Crippen LogP contribution is -2.59. The number of halogens is 4. The van der Waals surface area contributed by atoms with E-state index >= 15 is 0 Å². The number of allylic oxidation sites excluding steroid dienone is 1. The van der Waals surface area contributed by atoms with E-state index in [1.165, 1.54) is 31.0 Å². The van der Waals surface area contributed by atoms with E-state index in [0.29, 0.717) is 6.07 Å². The normalized spacial score (nSPS) is 17.7. The van der Waals surface area contributed by atoms with E-state index in [9.17, 15) is 27.2 Å². The van der Waals surface area contributed by atoms with Gasteiger partial charge in [-0.3, -0.25) is 4.79 Å². The van der Waals surface area contributed by atoms with Gasteiger partial charge in [0, 0.05) is 41.7 Å². The van der Waals surface area contributed by atoms with Gasteiger partial charge in [-0.2, -0.15) is 5.10 Å². The molecule has 0 aliphatic carbocycles. The first-order valence-electron chi connectivity index (χ1n) is 11.4. The Labute approximate surface area is 214 Å². The molecule has 2 aromatic rings. The fourth-order valence-corrected chi connectivity index (χ4v) is 4.15. The fourth-order valence-electron chi connectivity index (χ4n) is 4.15. The monoisotopic (exact) mass is 533 g/mol. The molecular formula is C24H23F4N7O3. The number of primary amides is 1. The van der Waals surface area contributed by atoms with E-state index in [0.717, 1.165) is 17.3 Å². The molecule has 1 fully saturated rings. The molecule has 3 amide bonds. The Morgan fingerprint density at radius 3 is 2.50 bits per heavy atom. The Kier molecular flexibility index (Phi) is 7.32. The molecule has 3 heterocycles. The summed E-state index contributed by atoms with van der Waals surface area (Å²) < 4.78 is 61.7. The number of carbonyl (C=O) groups excluding carboxylic acids is 2. The predicted molar refractivity (Wildman–Crippen MR) is 129 cm³/mol. The predicted octanol–water partition coefficient (Wildman–Crippen LogP) is 3.46. The van der Waals surface area contributed by atoms with Crippen LogP contribution in [0, 0.1) is 28.7 Å². The van der Waals surface area contributed by atoms with Crippen molar-refractivity contribution in [2.24, 2.45) is 10.8 Å². The van der Waals surface area contributed by atoms with Gasteiger partial charge in [-0.25, -0.2) is 32.3 Å². The highest BCUT2D eigenvalue weighted by Crippen LogP contribution is 2.33. The van der Waals surface area contributed by atoms with Gasteiger partial charge in [0.25, 0.3) is 5.91 Å². The number of nitrogens with two attached hydrogens (primary N) is 1. The van der Waals surface area contributed by atoms with Crippen LogP contribution in [0.25, 0.3) is 0 Å². The van der Waals surface area contributed by atoms with Gasteiger partial charge < -0.3 is 26.1 Å². The standard InChI is InChI=1S/C24H23F4N7O3/c1-11(29)21(23(30)36)12(2)33-20-7-19(17(27)8-31-20)38-14-9-34(10-14)24(37)35-18(3-4-32-35)15-5-13(25)6-16(26)22(15)28/h4-8,14,18,29H,3,9-10H2,1-2H3,(H2,30,36)(H,31,33)/b21-12+,29-11?/t18-/m1/s1. The van der Waals surface area contributed by atoms with Crippen LogP contribution in [0.15, 0.2) is 40.8 Å². The second-order valence-corrected chi connectivity index (χ2v) is 8.73. The lowest BCUT2D eigenvalue weighted by molar-refractivity contribution is -0.114. The fraction of sp³-hybridized carbons (Fsp3) is 0.292. The highest BCUT2D eigenvalue weighted by Gasteiger charge is 2.40. The summed E-state index contributed by atoms with van der Waals surface area (Å²) in [5.41, 5.74) is 5.11. The number of ether oxygens (including phenoxy) is 1. The van der Waals surface area contributed by atoms with Gasteiger partial charge in [-0.15, -0.1) is 0 Å². The maximum absolute atomic E-state index is 14.3. The Morgan fingerprint density at radius 2 is 1.84 bits per heavy atom. The molecule has 200 valence electrons. The molecule has 1 atom stereocenters. The topological polar surface area (TPSA) is 137 Å². The summed E-state index contributed by atoms with van der Waals surface area (Å²) in [6.45, 7) is 2.99. The lowest BCUT2D eigenvalue weighted by Gasteiger charge is -2.41. The second kappa shape index (κ2) is 10.5. The molecule has 2 aliphatic rings. The first kappa shape index (κ1) is 26.6. The number of aromatic nitrogens is 1. The van der Waals surface area contributed by atoms with Crippen LogP contribution in [0.1, 0.15) is 31.9 Å². The Balaban J connectivity index is 1.41. The van der Waals surface area contributed by atoms with Crippen molar-refractivity contribution in [3.05, 3.63) is 64.5 Å². The number of hydrogen-bond acceptors (Lipinski definition) is 7. The average Bonchev–Trinajstić information content (AvgIpc) is 3.29. The minimum atomic E-state index is -1.37. The molecule has 1 aromatic heterocycles. The summed E-state index contributed by atoms with van der Waals surface area (Å²) in [5.74, 6) is -5.23. The van der Waals surface area contributed by atoms with Gasteiger partial charge >= 0.3 is 6.03 Å². The van der Waals surface area contributed by atoms with E-state index in [-0.39, 0.29) is 53.6 Å². The highest BCUT2D eigenvalue weighted by molar-refractivity contribution is 6.19. The van der Waals surface area contributed by atoms with Crippen molar-refractivity contribution < 1.29 is 31.9 Å². The summed E-state index contributed by atoms with van der Waals surface area (Å²) in [4.78, 5) is 29.7. The van der Waals surface area contributed by atoms with E-state index in [1.807, 2.05) is 0 Å². The molecule has 2 aliphatic heterocycles. The number of pyridine rings is 1. The van der Waals surface area contributed by atoms with E-state index in [2.05, 4.69) is 15.4 Å². The van der Waals surface area contributed by atoms with Crippen LogP contribution in [0.4, 0.5) is 28.2 Å². The largest absolute Gasteiger partial charge is 0.483 e. The maximum atomic E-state index is 14.3. The van der Waals surface area contributed by atoms with Crippen LogP contribution >= 0.6 is 0 Å². The molecule has 10 nitrogen and oxygen atoms in total. The number of likely N-dealkylation sites (tertiary alicyclic amines) is 1. The summed E-state index contributed by atoms with van der Waals surface area (Å²) in [7, 11) is 0. The van der Waals surface area contributed by atoms with Gasteiger partial charge in [0.15, 0.2) is 23.2 Å². The van der Waals surface area contributed by atoms with Crippen molar-refractivity contribution in [3.63, 3.8) is 0 Å². The van der Waals surface area contributed by atoms with Crippen molar-refractivity contribution >= 4 is 29.7 Å². The third kappa shape index (κ3) is 5.28. The number of amides is 3. The summed E-state index contributed by atoms with van der Waals surface area (Å²) in [5, 5.41) is 15.4. The molecule has 4 N–H and O–H groups in total. The molecule has 0 spiro atoms. The number of carbonyl (C=O) groups is 2. The van der Waals surface area contributed by atoms with Crippen molar-refractivity contribution in [2.45, 2.75) is 32.4 Å². The molecule has 0 bridgehead atoms. The summed E-state index contributed by atoms with van der Waals surface area (Å²) in [6.07, 6.45) is 1.72. The van der Waals surface area contributed by atoms with E-state index < -0.39 is 47.4 Å². The summed E-state index contributed by atoms with van der Waals surface area (Å²) in [6, 6.07) is 0.839. The van der Waals surface area contributed by atoms with Gasteiger partial charge in [-0.05, 0) is 19.9 Å². The first-order chi connectivity index (χ1) is 18.0. The van der Waals surface area contributed by atoms with Crippen molar-refractivity contribution in [2.75, 3.05) is 18.4 Å². The number of nitrogens with one attached hydrogen (secondary N) is 2. The molecule has 38 heavy (non-hydrogen) atoms. The Bertz CT molecular complexity index is 1360. The number of hydrazone groups is 1. The van der Waals surface area contributed by atoms with Gasteiger partial charge in [0.1, 0.15) is 17.7 Å². The third-order valence-corrected chi connectivity index (χ3v) is 5.95. The number of benzene rings is 1. The van der Waals surface area contributed by atoms with Gasteiger partial charge in [0.2, 0.25) is 0 Å². The third-order valence-electron chi connectivity index (χ3n) is 5.95. The number of anilines is 1. The smallest absolute Gasteiger partial charge is 0.341 e. The number of nitrogens with zero attached hydrogens (tertiary/aromatic N) is 4. The molecular weight excluding hydrogens is 510 g/mol. The van der Waals surface area contributed by atoms with E-state index in [4.69, 9.17) is 15.9 Å². The molecule has 4 rings (SSSR count). The van der Waals surface area contributed by atoms with Crippen molar-refractivity contribution in [1.29, 1.82) is 5.41 Å². The van der Waals surface area contributed by atoms with Crippen molar-refractivity contribution in [3.8, 4) is 5.75 Å². The van der Waals surface area contributed by atoms with E-state index in [1.54, 1.807) is 0 Å². The lowest BCUT2D eigenvalue weighted by atomic mass is 10.0. The quantitative estimate of drug-likeness (QED) is 0.217. The Morgan fingerprint density at radius 1 is 1.13 bits per heavy atom. The molecule has 1 aromatic carbocycles. The van der Waals surface area contributed by atoms with Crippen LogP contribution < -0.4 is 15.8 Å². The van der Waals surface area contributed by atoms with Crippen LogP contribution in [-0.2, 0) is 4.79 Å². The molecule has 0 radical (unpaired) electrons. The molecule has 1 saturated heterocycles. The number of urea groups is 1. The number of rotatable bonds is 7. The molecule has 14 heteroatoms. The van der Waals surface area contributed by atoms with Crippen LogP contribution in [0.2, 0.25) is 0 Å². The highest BCUT2D eigenvalue weighted by atomic mass is 19.2. The SMILES string of the molecule is CC(=N)/C(C(N)=O)=C(/C)Nc1cc(OC2CN(C(=O)N3N=CC[C@@H]3c3cc(F)cc(F)c3F)C2)c(F)cn1. The zero-order valence-corrected chi connectivity index (χ0v) is 20.3. The van der Waals surface area contributed by atoms with Crippen LogP contribution in [0.5, 0.6) is 5.75 Å². The zero-order chi connectivity index (χ0) is 27.7. The average molecular weight is 533 g/mol. The van der Waals surface area contributed by atoms with Gasteiger partial charge in [-0.1, -0.05) is 0 Å². The first-order valence-corrected chi connectivity index (χ1v) is 11.4. The van der Waals surface area contributed by atoms with Crippen LogP contribution in [0.3, 0.4) is 0 Å². The maximum Gasteiger partial charge on any atom is 0.341 e. The minimum Gasteiger partial charge on any atom is -0.483 e. The van der Waals surface area contributed by atoms with Crippen LogP contribution in [-0.4, -0.2) is 58.0 Å². The molecule has 0 unspecified atom stereocenters. The van der Waals surface area contributed by atoms with Gasteiger partial charge in [0.05, 0.1) is 30.9 Å². The zero-order valence-electron chi connectivity index (χ0n) is 20.3. The molecule has 0 saturated carbocycles. The Hall–Kier alpha value is -4.49. The van der Waals surface area contributed by atoms with Crippen molar-refractivity contribution in [1.82, 2.24) is 14.9 Å². The number of hydrogen-bond donors (Lipinski definition) is 3. The second-order valence-electron chi connectivity index (χ2n) is 8.73. The summed E-state index contributed by atoms with van der Waals surface area (Å²) >= 11 is 0. The minimum absolute atomic E-state index is 0.0415.